The van der Waals surface area contributed by atoms with Crippen molar-refractivity contribution in [2.24, 2.45) is 0 Å². The van der Waals surface area contributed by atoms with E-state index in [4.69, 9.17) is 0 Å². The lowest BCUT2D eigenvalue weighted by molar-refractivity contribution is -0.118. The molecule has 1 saturated carbocycles. The van der Waals surface area contributed by atoms with Crippen LogP contribution < -0.4 is 10.2 Å². The molecule has 1 aliphatic rings. The van der Waals surface area contributed by atoms with Gasteiger partial charge in [-0.05, 0) is 25.0 Å². The van der Waals surface area contributed by atoms with Gasteiger partial charge in [-0.1, -0.05) is 44.7 Å². The van der Waals surface area contributed by atoms with Gasteiger partial charge in [0.2, 0.25) is 5.91 Å². The first-order chi connectivity index (χ1) is 11.5. The molecule has 5 heteroatoms. The van der Waals surface area contributed by atoms with Crippen LogP contribution in [0.15, 0.2) is 24.3 Å². The largest absolute Gasteiger partial charge is 0.388 e. The Morgan fingerprint density at radius 2 is 1.79 bits per heavy atom. The molecule has 1 aliphatic carbocycles. The number of hydrogen-bond acceptors (Lipinski definition) is 3. The van der Waals surface area contributed by atoms with Crippen LogP contribution in [0.25, 0.3) is 0 Å². The van der Waals surface area contributed by atoms with Gasteiger partial charge in [0.05, 0.1) is 16.9 Å². The van der Waals surface area contributed by atoms with E-state index in [-0.39, 0.29) is 18.4 Å². The summed E-state index contributed by atoms with van der Waals surface area (Å²) in [5.41, 5.74) is 0.236. The van der Waals surface area contributed by atoms with Gasteiger partial charge >= 0.3 is 0 Å². The molecule has 0 radical (unpaired) electrons. The van der Waals surface area contributed by atoms with E-state index in [0.717, 1.165) is 38.5 Å². The molecule has 0 heterocycles. The summed E-state index contributed by atoms with van der Waals surface area (Å²) < 4.78 is 0. The van der Waals surface area contributed by atoms with Crippen LogP contribution in [0.2, 0.25) is 0 Å². The molecule has 2 amide bonds. The Kier molecular flexibility index (Phi) is 6.37. The van der Waals surface area contributed by atoms with Gasteiger partial charge < -0.3 is 15.3 Å². The van der Waals surface area contributed by atoms with E-state index >= 15 is 0 Å². The normalized spacial score (nSPS) is 17.0. The van der Waals surface area contributed by atoms with Crippen LogP contribution in [0.1, 0.15) is 62.2 Å². The van der Waals surface area contributed by atoms with E-state index in [1.165, 1.54) is 4.90 Å². The summed E-state index contributed by atoms with van der Waals surface area (Å²) in [5, 5.41) is 13.5. The monoisotopic (exact) mass is 332 g/mol. The zero-order valence-electron chi connectivity index (χ0n) is 14.7. The lowest BCUT2D eigenvalue weighted by Crippen LogP contribution is -2.43. The predicted octanol–water partition coefficient (Wildman–Crippen LogP) is 2.87. The molecular formula is C19H28N2O3. The van der Waals surface area contributed by atoms with Crippen molar-refractivity contribution in [1.82, 2.24) is 5.32 Å². The highest BCUT2D eigenvalue weighted by molar-refractivity contribution is 6.04. The van der Waals surface area contributed by atoms with Crippen LogP contribution in [0, 0.1) is 0 Å². The molecular weight excluding hydrogens is 304 g/mol. The van der Waals surface area contributed by atoms with Crippen LogP contribution in [-0.4, -0.2) is 36.1 Å². The third kappa shape index (κ3) is 4.57. The first-order valence-corrected chi connectivity index (χ1v) is 8.83. The SMILES string of the molecule is CCC(=O)N(C)c1ccccc1C(=O)NCC1(O)CCCCCC1. The number of carbonyl (C=O) groups excluding carboxylic acids is 2. The molecule has 24 heavy (non-hydrogen) atoms. The van der Waals surface area contributed by atoms with Crippen LogP contribution >= 0.6 is 0 Å². The molecule has 1 fully saturated rings. The van der Waals surface area contributed by atoms with Gasteiger partial charge in [-0.25, -0.2) is 0 Å². The summed E-state index contributed by atoms with van der Waals surface area (Å²) in [5.74, 6) is -0.295. The Morgan fingerprint density at radius 1 is 1.17 bits per heavy atom. The maximum atomic E-state index is 12.6. The number of nitrogens with one attached hydrogen (secondary N) is 1. The zero-order chi connectivity index (χ0) is 17.6. The Morgan fingerprint density at radius 3 is 2.42 bits per heavy atom. The van der Waals surface area contributed by atoms with Gasteiger partial charge in [0.1, 0.15) is 0 Å². The number of anilines is 1. The standard InChI is InChI=1S/C19H28N2O3/c1-3-17(22)21(2)16-11-7-6-10-15(16)18(23)20-14-19(24)12-8-4-5-9-13-19/h6-7,10-11,24H,3-5,8-9,12-14H2,1-2H3,(H,20,23). The molecule has 0 spiro atoms. The number of rotatable bonds is 5. The van der Waals surface area contributed by atoms with Crippen LogP contribution in [0.4, 0.5) is 5.69 Å². The van der Waals surface area contributed by atoms with E-state index in [1.54, 1.807) is 32.2 Å². The summed E-state index contributed by atoms with van der Waals surface area (Å²) in [6, 6.07) is 7.07. The number of hydrogen-bond donors (Lipinski definition) is 2. The molecule has 0 bridgehead atoms. The Bertz CT molecular complexity index is 578. The molecule has 1 aromatic rings. The maximum Gasteiger partial charge on any atom is 0.253 e. The van der Waals surface area contributed by atoms with Crippen molar-refractivity contribution < 1.29 is 14.7 Å². The molecule has 0 aliphatic heterocycles. The molecule has 2 rings (SSSR count). The number of nitrogens with zero attached hydrogens (tertiary/aromatic N) is 1. The molecule has 0 saturated heterocycles. The molecule has 1 aromatic carbocycles. The summed E-state index contributed by atoms with van der Waals surface area (Å²) >= 11 is 0. The van der Waals surface area contributed by atoms with Crippen molar-refractivity contribution >= 4 is 17.5 Å². The molecule has 2 N–H and O–H groups in total. The Hall–Kier alpha value is -1.88. The van der Waals surface area contributed by atoms with E-state index in [0.29, 0.717) is 17.7 Å². The first kappa shape index (κ1) is 18.5. The maximum absolute atomic E-state index is 12.6. The van der Waals surface area contributed by atoms with E-state index < -0.39 is 5.60 Å². The fourth-order valence-corrected chi connectivity index (χ4v) is 3.23. The number of para-hydroxylation sites is 1. The highest BCUT2D eigenvalue weighted by atomic mass is 16.3. The van der Waals surface area contributed by atoms with Gasteiger partial charge in [0.25, 0.3) is 5.91 Å². The average molecular weight is 332 g/mol. The minimum atomic E-state index is -0.813. The van der Waals surface area contributed by atoms with Crippen molar-refractivity contribution in [3.05, 3.63) is 29.8 Å². The Labute approximate surface area is 144 Å². The third-order valence-electron chi connectivity index (χ3n) is 4.80. The van der Waals surface area contributed by atoms with Gasteiger partial charge in [0.15, 0.2) is 0 Å². The van der Waals surface area contributed by atoms with Gasteiger partial charge in [-0.2, -0.15) is 0 Å². The molecule has 0 atom stereocenters. The molecule has 132 valence electrons. The minimum Gasteiger partial charge on any atom is -0.388 e. The summed E-state index contributed by atoms with van der Waals surface area (Å²) in [7, 11) is 1.68. The summed E-state index contributed by atoms with van der Waals surface area (Å²) in [6.07, 6.45) is 6.11. The third-order valence-corrected chi connectivity index (χ3v) is 4.80. The van der Waals surface area contributed by atoms with Crippen molar-refractivity contribution in [1.29, 1.82) is 0 Å². The fourth-order valence-electron chi connectivity index (χ4n) is 3.23. The quantitative estimate of drug-likeness (QED) is 0.815. The Balaban J connectivity index is 2.08. The molecule has 0 aromatic heterocycles. The van der Waals surface area contributed by atoms with Crippen LogP contribution in [0.3, 0.4) is 0 Å². The number of amides is 2. The summed E-state index contributed by atoms with van der Waals surface area (Å²) in [4.78, 5) is 26.0. The van der Waals surface area contributed by atoms with Crippen molar-refractivity contribution in [2.45, 2.75) is 57.5 Å². The smallest absolute Gasteiger partial charge is 0.253 e. The van der Waals surface area contributed by atoms with E-state index in [9.17, 15) is 14.7 Å². The number of carbonyl (C=O) groups is 2. The lowest BCUT2D eigenvalue weighted by atomic mass is 9.94. The summed E-state index contributed by atoms with van der Waals surface area (Å²) in [6.45, 7) is 2.05. The highest BCUT2D eigenvalue weighted by Crippen LogP contribution is 2.27. The van der Waals surface area contributed by atoms with Crippen molar-refractivity contribution in [3.8, 4) is 0 Å². The van der Waals surface area contributed by atoms with Crippen LogP contribution in [0.5, 0.6) is 0 Å². The first-order valence-electron chi connectivity index (χ1n) is 8.83. The second kappa shape index (κ2) is 8.29. The zero-order valence-corrected chi connectivity index (χ0v) is 14.7. The highest BCUT2D eigenvalue weighted by Gasteiger charge is 2.29. The van der Waals surface area contributed by atoms with Gasteiger partial charge in [-0.15, -0.1) is 0 Å². The fraction of sp³-hybridized carbons (Fsp3) is 0.579. The predicted molar refractivity (Wildman–Crippen MR) is 95.1 cm³/mol. The molecule has 5 nitrogen and oxygen atoms in total. The topological polar surface area (TPSA) is 69.6 Å². The average Bonchev–Trinajstić information content (AvgIpc) is 2.83. The van der Waals surface area contributed by atoms with E-state index in [2.05, 4.69) is 5.32 Å². The van der Waals surface area contributed by atoms with Crippen LogP contribution in [-0.2, 0) is 4.79 Å². The second-order valence-corrected chi connectivity index (χ2v) is 6.64. The lowest BCUT2D eigenvalue weighted by Gasteiger charge is -2.27. The number of benzene rings is 1. The van der Waals surface area contributed by atoms with Gasteiger partial charge in [-0.3, -0.25) is 9.59 Å². The number of aliphatic hydroxyl groups is 1. The minimum absolute atomic E-state index is 0.0438. The molecule has 0 unspecified atom stereocenters. The van der Waals surface area contributed by atoms with E-state index in [1.807, 2.05) is 6.07 Å². The van der Waals surface area contributed by atoms with Crippen molar-refractivity contribution in [2.75, 3.05) is 18.5 Å². The second-order valence-electron chi connectivity index (χ2n) is 6.64. The van der Waals surface area contributed by atoms with Gasteiger partial charge in [0, 0.05) is 20.0 Å². The van der Waals surface area contributed by atoms with Crippen molar-refractivity contribution in [3.63, 3.8) is 0 Å².